The van der Waals surface area contributed by atoms with Crippen molar-refractivity contribution in [3.63, 3.8) is 0 Å². The van der Waals surface area contributed by atoms with Gasteiger partial charge in [-0.15, -0.1) is 12.4 Å². The van der Waals surface area contributed by atoms with Crippen molar-refractivity contribution in [3.05, 3.63) is 71.8 Å². The van der Waals surface area contributed by atoms with E-state index < -0.39 is 0 Å². The van der Waals surface area contributed by atoms with E-state index in [0.717, 1.165) is 25.4 Å². The van der Waals surface area contributed by atoms with Crippen molar-refractivity contribution in [1.29, 1.82) is 0 Å². The number of hydrogen-bond acceptors (Lipinski definition) is 3. The topological polar surface area (TPSA) is 46.3 Å². The predicted octanol–water partition coefficient (Wildman–Crippen LogP) is 4.41. The lowest BCUT2D eigenvalue weighted by atomic mass is 9.87. The normalized spacial score (nSPS) is 17.7. The third-order valence-electron chi connectivity index (χ3n) is 5.48. The van der Waals surface area contributed by atoms with E-state index in [0.29, 0.717) is 6.42 Å². The summed E-state index contributed by atoms with van der Waals surface area (Å²) < 4.78 is 0. The van der Waals surface area contributed by atoms with Gasteiger partial charge >= 0.3 is 0 Å². The molecule has 0 aromatic heterocycles. The van der Waals surface area contributed by atoms with Crippen molar-refractivity contribution in [2.45, 2.75) is 44.7 Å². The molecule has 1 aliphatic heterocycles. The van der Waals surface area contributed by atoms with E-state index in [2.05, 4.69) is 59.5 Å². The van der Waals surface area contributed by atoms with E-state index in [9.17, 15) is 4.79 Å². The van der Waals surface area contributed by atoms with Gasteiger partial charge in [-0.2, -0.15) is 0 Å². The van der Waals surface area contributed by atoms with E-state index >= 15 is 0 Å². The van der Waals surface area contributed by atoms with Crippen LogP contribution in [0.3, 0.4) is 0 Å². The molecule has 2 atom stereocenters. The van der Waals surface area contributed by atoms with Crippen LogP contribution in [0.5, 0.6) is 0 Å². The van der Waals surface area contributed by atoms with Crippen LogP contribution >= 0.6 is 12.4 Å². The number of halogens is 1. The summed E-state index contributed by atoms with van der Waals surface area (Å²) in [6.07, 6.45) is 3.96. The van der Waals surface area contributed by atoms with Gasteiger partial charge in [-0.05, 0) is 56.3 Å². The number of nitrogens with two attached hydrogens (primary N) is 1. The number of nitrogens with zero attached hydrogens (tertiary/aromatic N) is 1. The van der Waals surface area contributed by atoms with Gasteiger partial charge in [0.25, 0.3) is 0 Å². The minimum Gasteiger partial charge on any atom is -0.326 e. The Kier molecular flexibility index (Phi) is 8.49. The Morgan fingerprint density at radius 3 is 2.15 bits per heavy atom. The highest BCUT2D eigenvalue weighted by atomic mass is 35.5. The third-order valence-corrected chi connectivity index (χ3v) is 5.48. The number of rotatable bonds is 7. The number of carbonyl (C=O) groups is 1. The minimum absolute atomic E-state index is 0. The summed E-state index contributed by atoms with van der Waals surface area (Å²) in [4.78, 5) is 14.1. The second-order valence-corrected chi connectivity index (χ2v) is 7.59. The molecule has 0 saturated carbocycles. The van der Waals surface area contributed by atoms with Gasteiger partial charge in [0.05, 0.1) is 6.04 Å². The fraction of sp³-hybridized carbons (Fsp3) is 0.435. The zero-order valence-electron chi connectivity index (χ0n) is 16.1. The van der Waals surface area contributed by atoms with Crippen LogP contribution in [0.1, 0.15) is 43.4 Å². The summed E-state index contributed by atoms with van der Waals surface area (Å²) >= 11 is 0. The molecule has 3 nitrogen and oxygen atoms in total. The number of benzene rings is 2. The van der Waals surface area contributed by atoms with Gasteiger partial charge in [0, 0.05) is 12.5 Å². The van der Waals surface area contributed by atoms with E-state index in [4.69, 9.17) is 5.73 Å². The average molecular weight is 387 g/mol. The molecular weight excluding hydrogens is 356 g/mol. The Bertz CT molecular complexity index is 684. The fourth-order valence-electron chi connectivity index (χ4n) is 4.21. The maximum Gasteiger partial charge on any atom is 0.131 e. The summed E-state index contributed by atoms with van der Waals surface area (Å²) in [6, 6.07) is 21.2. The van der Waals surface area contributed by atoms with E-state index in [1.165, 1.54) is 24.0 Å². The number of hydrogen-bond donors (Lipinski definition) is 1. The van der Waals surface area contributed by atoms with Crippen molar-refractivity contribution in [2.24, 2.45) is 11.7 Å². The van der Waals surface area contributed by atoms with Gasteiger partial charge in [0.2, 0.25) is 0 Å². The quantitative estimate of drug-likeness (QED) is 0.766. The van der Waals surface area contributed by atoms with Gasteiger partial charge in [0.1, 0.15) is 5.78 Å². The second kappa shape index (κ2) is 10.6. The molecule has 1 heterocycles. The Labute approximate surface area is 169 Å². The van der Waals surface area contributed by atoms with Gasteiger partial charge < -0.3 is 5.73 Å². The second-order valence-electron chi connectivity index (χ2n) is 7.59. The first-order valence-corrected chi connectivity index (χ1v) is 9.71. The molecular formula is C23H31ClN2O. The number of likely N-dealkylation sites (tertiary alicyclic amines) is 1. The first kappa shape index (κ1) is 21.6. The third kappa shape index (κ3) is 6.17. The number of piperidine rings is 1. The maximum atomic E-state index is 11.6. The molecule has 2 aromatic rings. The first-order valence-electron chi connectivity index (χ1n) is 9.71. The Hall–Kier alpha value is -1.68. The molecule has 0 bridgehead atoms. The monoisotopic (exact) mass is 386 g/mol. The van der Waals surface area contributed by atoms with Crippen LogP contribution in [0.4, 0.5) is 0 Å². The summed E-state index contributed by atoms with van der Waals surface area (Å²) in [5, 5.41) is 0. The summed E-state index contributed by atoms with van der Waals surface area (Å²) in [5.41, 5.74) is 9.13. The van der Waals surface area contributed by atoms with E-state index in [1.54, 1.807) is 6.92 Å². The van der Waals surface area contributed by atoms with Gasteiger partial charge in [0.15, 0.2) is 0 Å². The molecule has 0 spiro atoms. The zero-order chi connectivity index (χ0) is 18.4. The smallest absolute Gasteiger partial charge is 0.131 e. The van der Waals surface area contributed by atoms with Crippen LogP contribution < -0.4 is 5.73 Å². The SMILES string of the molecule is CC(=O)C[C@H](N)C(c1ccccc1)N1CCC(Cc2ccccc2)CC1.Cl. The Morgan fingerprint density at radius 2 is 1.59 bits per heavy atom. The van der Waals surface area contributed by atoms with Crippen LogP contribution in [0.15, 0.2) is 60.7 Å². The largest absolute Gasteiger partial charge is 0.326 e. The lowest BCUT2D eigenvalue weighted by Crippen LogP contribution is -2.45. The number of carbonyl (C=O) groups excluding carboxylic acids is 1. The highest BCUT2D eigenvalue weighted by Crippen LogP contribution is 2.31. The van der Waals surface area contributed by atoms with Crippen molar-refractivity contribution in [3.8, 4) is 0 Å². The summed E-state index contributed by atoms with van der Waals surface area (Å²) in [5.74, 6) is 0.895. The molecule has 0 aliphatic carbocycles. The van der Waals surface area contributed by atoms with Crippen LogP contribution in [-0.4, -0.2) is 29.8 Å². The van der Waals surface area contributed by atoms with Crippen LogP contribution in [0.2, 0.25) is 0 Å². The Balaban J connectivity index is 0.00000261. The predicted molar refractivity (Wildman–Crippen MR) is 114 cm³/mol. The molecule has 146 valence electrons. The summed E-state index contributed by atoms with van der Waals surface area (Å²) in [7, 11) is 0. The molecule has 2 N–H and O–H groups in total. The van der Waals surface area contributed by atoms with Gasteiger partial charge in [-0.3, -0.25) is 9.69 Å². The van der Waals surface area contributed by atoms with Crippen molar-refractivity contribution in [2.75, 3.05) is 13.1 Å². The Morgan fingerprint density at radius 1 is 1.04 bits per heavy atom. The lowest BCUT2D eigenvalue weighted by Gasteiger charge is -2.40. The van der Waals surface area contributed by atoms with Crippen LogP contribution in [0.25, 0.3) is 0 Å². The molecule has 27 heavy (non-hydrogen) atoms. The first-order chi connectivity index (χ1) is 12.6. The molecule has 1 fully saturated rings. The highest BCUT2D eigenvalue weighted by Gasteiger charge is 2.30. The lowest BCUT2D eigenvalue weighted by molar-refractivity contribution is -0.117. The minimum atomic E-state index is -0.152. The molecule has 0 amide bonds. The number of Topliss-reactive ketones (excluding diaryl/α,β-unsaturated/α-hetero) is 1. The van der Waals surface area contributed by atoms with Crippen LogP contribution in [0, 0.1) is 5.92 Å². The zero-order valence-corrected chi connectivity index (χ0v) is 16.9. The number of ketones is 1. The van der Waals surface area contributed by atoms with E-state index in [1.807, 2.05) is 6.07 Å². The van der Waals surface area contributed by atoms with Gasteiger partial charge in [-0.25, -0.2) is 0 Å². The van der Waals surface area contributed by atoms with Crippen molar-refractivity contribution >= 4 is 18.2 Å². The fourth-order valence-corrected chi connectivity index (χ4v) is 4.21. The van der Waals surface area contributed by atoms with E-state index in [-0.39, 0.29) is 30.3 Å². The molecule has 3 rings (SSSR count). The average Bonchev–Trinajstić information content (AvgIpc) is 2.64. The van der Waals surface area contributed by atoms with Crippen LogP contribution in [-0.2, 0) is 11.2 Å². The summed E-state index contributed by atoms with van der Waals surface area (Å²) in [6.45, 7) is 3.72. The maximum absolute atomic E-state index is 11.6. The molecule has 1 unspecified atom stereocenters. The molecule has 2 aromatic carbocycles. The molecule has 4 heteroatoms. The molecule has 1 saturated heterocycles. The standard InChI is InChI=1S/C23H30N2O.ClH/c1-18(26)16-22(24)23(21-10-6-3-7-11-21)25-14-12-20(13-15-25)17-19-8-4-2-5-9-19;/h2-11,20,22-23H,12-17,24H2,1H3;1H/t22-,23?;/m0./s1. The highest BCUT2D eigenvalue weighted by molar-refractivity contribution is 5.85. The molecule has 0 radical (unpaired) electrons. The van der Waals surface area contributed by atoms with Crippen molar-refractivity contribution < 1.29 is 4.79 Å². The van der Waals surface area contributed by atoms with Crippen molar-refractivity contribution in [1.82, 2.24) is 4.90 Å². The molecule has 1 aliphatic rings. The van der Waals surface area contributed by atoms with Gasteiger partial charge in [-0.1, -0.05) is 60.7 Å².